The van der Waals surface area contributed by atoms with Gasteiger partial charge in [0.1, 0.15) is 0 Å². The van der Waals surface area contributed by atoms with Gasteiger partial charge in [0.05, 0.1) is 18.5 Å². The van der Waals surface area contributed by atoms with Crippen molar-refractivity contribution in [2.45, 2.75) is 39.7 Å². The largest absolute Gasteiger partial charge is 0.481 e. The molecule has 0 saturated carbocycles. The maximum Gasteiger partial charge on any atom is 0.322 e. The number of carbonyl (C=O) groups is 1. The number of nitrogens with one attached hydrogen (secondary N) is 1. The maximum atomic E-state index is 12.8. The highest BCUT2D eigenvalue weighted by atomic mass is 16.5. The van der Waals surface area contributed by atoms with Gasteiger partial charge in [0.25, 0.3) is 0 Å². The first-order chi connectivity index (χ1) is 11.5. The molecule has 1 N–H and O–H groups in total. The summed E-state index contributed by atoms with van der Waals surface area (Å²) >= 11 is 0. The summed E-state index contributed by atoms with van der Waals surface area (Å²) in [5.74, 6) is 0.980. The van der Waals surface area contributed by atoms with Crippen molar-refractivity contribution < 1.29 is 14.3 Å². The molecule has 132 valence electrons. The number of hydrogen-bond donors (Lipinski definition) is 1. The predicted molar refractivity (Wildman–Crippen MR) is 92.4 cm³/mol. The van der Waals surface area contributed by atoms with Gasteiger partial charge in [0.2, 0.25) is 5.88 Å². The molecule has 1 atom stereocenters. The van der Waals surface area contributed by atoms with E-state index in [4.69, 9.17) is 9.47 Å². The van der Waals surface area contributed by atoms with E-state index in [1.165, 1.54) is 0 Å². The van der Waals surface area contributed by atoms with Crippen molar-refractivity contribution in [1.82, 2.24) is 9.88 Å². The first kappa shape index (κ1) is 17.0. The lowest BCUT2D eigenvalue weighted by atomic mass is 9.63. The van der Waals surface area contributed by atoms with E-state index in [0.717, 1.165) is 44.0 Å². The number of ether oxygens (including phenoxy) is 2. The molecule has 2 amide bonds. The predicted octanol–water partition coefficient (Wildman–Crippen LogP) is 3.07. The molecule has 0 aromatic carbocycles. The quantitative estimate of drug-likeness (QED) is 0.923. The number of aromatic nitrogens is 1. The third-order valence-corrected chi connectivity index (χ3v) is 5.34. The Kier molecular flexibility index (Phi) is 4.67. The maximum absolute atomic E-state index is 12.8. The van der Waals surface area contributed by atoms with E-state index in [9.17, 15) is 4.79 Å². The zero-order chi connectivity index (χ0) is 17.3. The van der Waals surface area contributed by atoms with Crippen LogP contribution in [-0.4, -0.2) is 48.8 Å². The molecule has 1 spiro atoms. The molecular formula is C18H27N3O3. The highest BCUT2D eigenvalue weighted by molar-refractivity contribution is 5.91. The monoisotopic (exact) mass is 333 g/mol. The second-order valence-electron chi connectivity index (χ2n) is 7.21. The van der Waals surface area contributed by atoms with Gasteiger partial charge in [-0.15, -0.1) is 0 Å². The first-order valence-corrected chi connectivity index (χ1v) is 8.64. The van der Waals surface area contributed by atoms with E-state index in [1.807, 2.05) is 17.9 Å². The third kappa shape index (κ3) is 2.95. The van der Waals surface area contributed by atoms with Crippen LogP contribution in [0.5, 0.6) is 5.88 Å². The summed E-state index contributed by atoms with van der Waals surface area (Å²) < 4.78 is 10.6. The van der Waals surface area contributed by atoms with Crippen molar-refractivity contribution in [3.05, 3.63) is 17.8 Å². The van der Waals surface area contributed by atoms with Crippen LogP contribution in [0.4, 0.5) is 10.5 Å². The van der Waals surface area contributed by atoms with E-state index in [2.05, 4.69) is 24.1 Å². The van der Waals surface area contributed by atoms with E-state index >= 15 is 0 Å². The molecule has 24 heavy (non-hydrogen) atoms. The Morgan fingerprint density at radius 3 is 2.71 bits per heavy atom. The molecule has 3 heterocycles. The van der Waals surface area contributed by atoms with Crippen molar-refractivity contribution in [3.8, 4) is 5.88 Å². The van der Waals surface area contributed by atoms with Gasteiger partial charge in [-0.25, -0.2) is 9.78 Å². The summed E-state index contributed by atoms with van der Waals surface area (Å²) in [6.07, 6.45) is 2.09. The highest BCUT2D eigenvalue weighted by Crippen LogP contribution is 2.48. The molecule has 1 aromatic heterocycles. The molecule has 2 fully saturated rings. The van der Waals surface area contributed by atoms with Crippen LogP contribution in [-0.2, 0) is 4.74 Å². The topological polar surface area (TPSA) is 63.7 Å². The van der Waals surface area contributed by atoms with E-state index in [-0.39, 0.29) is 17.5 Å². The third-order valence-electron chi connectivity index (χ3n) is 5.34. The zero-order valence-corrected chi connectivity index (χ0v) is 15.0. The van der Waals surface area contributed by atoms with Gasteiger partial charge in [-0.1, -0.05) is 13.8 Å². The standard InChI is InChI=1S/C18H27N3O3/c1-12(2)16-18(7-9-24-10-8-18)11-21(16)17(22)20-14-5-6-15(23-4)19-13(14)3/h5-6,12,16H,7-11H2,1-4H3,(H,20,22). The molecule has 6 nitrogen and oxygen atoms in total. The summed E-state index contributed by atoms with van der Waals surface area (Å²) in [6.45, 7) is 8.69. The minimum absolute atomic E-state index is 0.0408. The van der Waals surface area contributed by atoms with Gasteiger partial charge in [-0.2, -0.15) is 0 Å². The molecule has 0 aliphatic carbocycles. The van der Waals surface area contributed by atoms with Gasteiger partial charge >= 0.3 is 6.03 Å². The Labute approximate surface area is 143 Å². The average molecular weight is 333 g/mol. The number of amides is 2. The van der Waals surface area contributed by atoms with Crippen LogP contribution >= 0.6 is 0 Å². The van der Waals surface area contributed by atoms with Crippen molar-refractivity contribution in [1.29, 1.82) is 0 Å². The number of likely N-dealkylation sites (tertiary alicyclic amines) is 1. The fourth-order valence-corrected chi connectivity index (χ4v) is 4.22. The number of aryl methyl sites for hydroxylation is 1. The number of methoxy groups -OCH3 is 1. The summed E-state index contributed by atoms with van der Waals surface area (Å²) in [5, 5.41) is 3.01. The van der Waals surface area contributed by atoms with E-state index < -0.39 is 0 Å². The first-order valence-electron chi connectivity index (χ1n) is 8.64. The van der Waals surface area contributed by atoms with Crippen LogP contribution in [0.15, 0.2) is 12.1 Å². The number of pyridine rings is 1. The summed E-state index contributed by atoms with van der Waals surface area (Å²) in [6, 6.07) is 3.83. The molecule has 2 aliphatic rings. The van der Waals surface area contributed by atoms with Crippen LogP contribution in [0.3, 0.4) is 0 Å². The number of rotatable bonds is 3. The summed E-state index contributed by atoms with van der Waals surface area (Å²) in [4.78, 5) is 19.1. The number of anilines is 1. The van der Waals surface area contributed by atoms with Gasteiger partial charge in [0, 0.05) is 37.3 Å². The van der Waals surface area contributed by atoms with Crippen LogP contribution in [0.25, 0.3) is 0 Å². The van der Waals surface area contributed by atoms with Crippen LogP contribution in [0.1, 0.15) is 32.4 Å². The fourth-order valence-electron chi connectivity index (χ4n) is 4.22. The SMILES string of the molecule is COc1ccc(NC(=O)N2CC3(CCOCC3)C2C(C)C)c(C)n1. The second kappa shape index (κ2) is 6.59. The van der Waals surface area contributed by atoms with Crippen molar-refractivity contribution in [2.24, 2.45) is 11.3 Å². The second-order valence-corrected chi connectivity index (χ2v) is 7.21. The molecule has 0 radical (unpaired) electrons. The van der Waals surface area contributed by atoms with Crippen LogP contribution in [0, 0.1) is 18.3 Å². The Balaban J connectivity index is 1.71. The van der Waals surface area contributed by atoms with Crippen LogP contribution < -0.4 is 10.1 Å². The highest BCUT2D eigenvalue weighted by Gasteiger charge is 2.55. The van der Waals surface area contributed by atoms with E-state index in [0.29, 0.717) is 11.8 Å². The Morgan fingerprint density at radius 2 is 2.12 bits per heavy atom. The van der Waals surface area contributed by atoms with Gasteiger partial charge < -0.3 is 19.7 Å². The molecule has 6 heteroatoms. The number of nitrogens with zero attached hydrogens (tertiary/aromatic N) is 2. The van der Waals surface area contributed by atoms with Crippen molar-refractivity contribution in [3.63, 3.8) is 0 Å². The van der Waals surface area contributed by atoms with E-state index in [1.54, 1.807) is 13.2 Å². The summed E-state index contributed by atoms with van der Waals surface area (Å²) in [7, 11) is 1.58. The average Bonchev–Trinajstić information content (AvgIpc) is 2.54. The summed E-state index contributed by atoms with van der Waals surface area (Å²) in [5.41, 5.74) is 1.72. The fraction of sp³-hybridized carbons (Fsp3) is 0.667. The van der Waals surface area contributed by atoms with Gasteiger partial charge in [0.15, 0.2) is 0 Å². The normalized spacial score (nSPS) is 22.4. The molecule has 2 saturated heterocycles. The Morgan fingerprint density at radius 1 is 1.42 bits per heavy atom. The smallest absolute Gasteiger partial charge is 0.322 e. The van der Waals surface area contributed by atoms with Crippen molar-refractivity contribution >= 4 is 11.7 Å². The Hall–Kier alpha value is -1.82. The lowest BCUT2D eigenvalue weighted by Gasteiger charge is -2.60. The van der Waals surface area contributed by atoms with Crippen molar-refractivity contribution in [2.75, 3.05) is 32.2 Å². The Bertz CT molecular complexity index is 612. The molecule has 1 aromatic rings. The van der Waals surface area contributed by atoms with Gasteiger partial charge in [-0.05, 0) is 31.7 Å². The molecule has 0 bridgehead atoms. The number of urea groups is 1. The zero-order valence-electron chi connectivity index (χ0n) is 15.0. The minimum atomic E-state index is -0.0408. The molecule has 3 rings (SSSR count). The molecule has 1 unspecified atom stereocenters. The number of hydrogen-bond acceptors (Lipinski definition) is 4. The lowest BCUT2D eigenvalue weighted by Crippen LogP contribution is -2.70. The molecular weight excluding hydrogens is 306 g/mol. The van der Waals surface area contributed by atoms with Crippen LogP contribution in [0.2, 0.25) is 0 Å². The molecule has 2 aliphatic heterocycles. The minimum Gasteiger partial charge on any atom is -0.481 e. The lowest BCUT2D eigenvalue weighted by molar-refractivity contribution is -0.122. The van der Waals surface area contributed by atoms with Gasteiger partial charge in [-0.3, -0.25) is 0 Å². The number of carbonyl (C=O) groups excluding carboxylic acids is 1.